The van der Waals surface area contributed by atoms with Crippen molar-refractivity contribution in [3.05, 3.63) is 380 Å². The number of nitrogens with zero attached hydrogens (tertiary/aromatic N) is 7. The number of benzene rings is 6. The standard InChI is InChI=1S/C14H7F3NS.4C14H10NS.C13H10N2S.C8H12O3.C7H7F3O4.C7H10O4.3Ir/c15-14(16,17)10-5-6-18-11(8-10)13-7-9-3-1-2-4-12(9)19-13;4*1-10-6-7-15-12(8-10)14-9-11-4-2-3-5-13(11)16-14;1-9-6-7-14-11(8-9)13-15-10-4-2-3-5-12(10)16-13;1-3-4-5-11-8(10)6-7(2)9;1-4(11)2-5(12)13-3-14-7(10)6(8)9;1-5(8)2-7(9)11-4-6-3-10-6;;;/h1-6,8H;5*2-8H,1H3;3,6,9H,1,4-5H2,2H3;2,11H,3H2,1H3;2,6,8H,3-4H2,1H3;;;/q5*-1;;;;;;;. The number of pyridine rings is 6. The minimum absolute atomic E-state index is 0. The third kappa shape index (κ3) is 36.2. The number of alkyl halides is 3. The summed E-state index contributed by atoms with van der Waals surface area (Å²) in [5, 5.41) is 32.4. The number of aryl methyl sites for hydroxylation is 5. The molecule has 3 radical (unpaired) electrons. The number of ether oxygens (including phenoxy) is 5. The number of aliphatic hydroxyl groups excluding tert-OH is 3. The number of rotatable bonds is 17. The third-order valence-electron chi connectivity index (χ3n) is 18.0. The molecule has 0 spiro atoms. The first-order valence-corrected chi connectivity index (χ1v) is 46.1. The van der Waals surface area contributed by atoms with Gasteiger partial charge in [-0.2, -0.15) is 26.3 Å². The second-order valence-electron chi connectivity index (χ2n) is 29.2. The van der Waals surface area contributed by atoms with Gasteiger partial charge in [-0.25, -0.2) is 76.1 Å². The number of epoxide rings is 1. The molecule has 0 saturated carbocycles. The fourth-order valence-corrected chi connectivity index (χ4v) is 17.4. The second kappa shape index (κ2) is 55.9. The van der Waals surface area contributed by atoms with Crippen LogP contribution < -0.4 is 0 Å². The smallest absolute Gasteiger partial charge is 0.415 e. The van der Waals surface area contributed by atoms with Gasteiger partial charge in [-0.3, -0.25) is 4.98 Å². The third-order valence-corrected chi connectivity index (χ3v) is 24.5. The molecular weight excluding hydrogens is 2420 g/mol. The summed E-state index contributed by atoms with van der Waals surface area (Å²) in [6.45, 7) is 18.1. The van der Waals surface area contributed by atoms with Gasteiger partial charge in [0, 0.05) is 132 Å². The molecule has 1 atom stereocenters. The van der Waals surface area contributed by atoms with Gasteiger partial charge in [-0.15, -0.1) is 136 Å². The van der Waals surface area contributed by atoms with E-state index in [9.17, 15) is 40.7 Å². The fraction of sp³-hybridized carbons (Fsp3) is 0.143. The number of para-hydroxylation sites is 1. The summed E-state index contributed by atoms with van der Waals surface area (Å²) in [4.78, 5) is 67.4. The van der Waals surface area contributed by atoms with Gasteiger partial charge in [0.25, 0.3) is 0 Å². The van der Waals surface area contributed by atoms with Gasteiger partial charge in [0.1, 0.15) is 17.7 Å². The summed E-state index contributed by atoms with van der Waals surface area (Å²) in [5.41, 5.74) is 11.8. The first kappa shape index (κ1) is 111. The van der Waals surface area contributed by atoms with Crippen LogP contribution in [0.5, 0.6) is 0 Å². The van der Waals surface area contributed by atoms with Crippen molar-refractivity contribution in [2.45, 2.75) is 74.1 Å². The molecule has 1 fully saturated rings. The minimum atomic E-state index is -4.35. The van der Waals surface area contributed by atoms with E-state index in [1.165, 1.54) is 111 Å². The molecule has 13 heterocycles. The Morgan fingerprint density at radius 1 is 0.413 bits per heavy atom. The van der Waals surface area contributed by atoms with E-state index in [2.05, 4.69) is 235 Å². The van der Waals surface area contributed by atoms with Crippen LogP contribution in [0.2, 0.25) is 0 Å². The predicted molar refractivity (Wildman–Crippen MR) is 529 cm³/mol. The number of thiophene rings is 5. The van der Waals surface area contributed by atoms with Gasteiger partial charge >= 0.3 is 36.2 Å². The number of carbonyl (C=O) groups is 3. The number of thiazole rings is 1. The van der Waals surface area contributed by atoms with Crippen molar-refractivity contribution >= 4 is 147 Å². The number of hydrogen-bond acceptors (Lipinski definition) is 24. The van der Waals surface area contributed by atoms with E-state index in [0.717, 1.165) is 92.9 Å². The maximum Gasteiger partial charge on any atom is 0.415 e. The Balaban J connectivity index is 0.000000191. The van der Waals surface area contributed by atoms with Crippen molar-refractivity contribution in [3.63, 3.8) is 0 Å². The van der Waals surface area contributed by atoms with Crippen molar-refractivity contribution in [1.29, 1.82) is 0 Å². The predicted octanol–water partition coefficient (Wildman–Crippen LogP) is 28.7. The minimum Gasteiger partial charge on any atom is -0.512 e. The summed E-state index contributed by atoms with van der Waals surface area (Å²) < 4.78 is 102. The van der Waals surface area contributed by atoms with Gasteiger partial charge in [0.15, 0.2) is 0 Å². The molecule has 18 aromatic rings. The number of hydrogen-bond donors (Lipinski definition) is 3. The Morgan fingerprint density at radius 2 is 0.710 bits per heavy atom. The maximum absolute atomic E-state index is 12.7. The number of fused-ring (bicyclic) bond motifs is 6. The average Bonchev–Trinajstić information content (AvgIpc) is 1.54. The van der Waals surface area contributed by atoms with Crippen LogP contribution in [0.3, 0.4) is 0 Å². The largest absolute Gasteiger partial charge is 0.512 e. The number of aromatic nitrogens is 7. The first-order chi connectivity index (χ1) is 64.9. The van der Waals surface area contributed by atoms with Crippen LogP contribution in [0.15, 0.2) is 316 Å². The van der Waals surface area contributed by atoms with Crippen LogP contribution in [-0.2, 0) is 105 Å². The van der Waals surface area contributed by atoms with E-state index in [0.29, 0.717) is 36.3 Å². The fourth-order valence-electron chi connectivity index (χ4n) is 11.6. The molecule has 12 aromatic heterocycles. The molecule has 6 aromatic carbocycles. The zero-order chi connectivity index (χ0) is 96.3. The molecule has 18 nitrogen and oxygen atoms in total. The summed E-state index contributed by atoms with van der Waals surface area (Å²) in [5.74, 6) is -2.51. The molecule has 0 amide bonds. The molecule has 1 aliphatic rings. The molecule has 0 bridgehead atoms. The average molecular weight is 2500 g/mol. The van der Waals surface area contributed by atoms with E-state index in [4.69, 9.17) is 20.1 Å². The van der Waals surface area contributed by atoms with Crippen LogP contribution >= 0.6 is 68.0 Å². The van der Waals surface area contributed by atoms with E-state index >= 15 is 0 Å². The number of carbonyl (C=O) groups excluding carboxylic acids is 3. The second-order valence-corrected chi connectivity index (χ2v) is 35.5. The first-order valence-electron chi connectivity index (χ1n) is 41.2. The van der Waals surface area contributed by atoms with E-state index in [1.807, 2.05) is 128 Å². The molecule has 717 valence electrons. The van der Waals surface area contributed by atoms with Crippen LogP contribution in [-0.4, -0.2) is 101 Å². The summed E-state index contributed by atoms with van der Waals surface area (Å²) in [6.07, 6.45) is 8.51. The SMILES string of the molecule is C=CCCOC(=O)C=C(C)O.CC(O)=CC(=O)OCC1CO1.CC(O)=CC(=O)OCOC(F)=C(F)F.Cc1ccnc(-c2[c-]c3ccccc3s2)c1.Cc1ccnc(-c2[c-]c3ccccc3s2)c1.Cc1ccnc(-c2[c-]c3ccccc3s2)c1.Cc1ccnc(-c2[c-]c3ccccc3s2)c1.Cc1ccnc(-c2nc3ccccc3s2)c1.FC(F)(F)c1ccnc(-c2[c-]c3ccccc3s2)c1.[Ir].[Ir].[Ir]. The maximum atomic E-state index is 12.7. The molecule has 33 heteroatoms. The molecule has 138 heavy (non-hydrogen) atoms. The van der Waals surface area contributed by atoms with Gasteiger partial charge < -0.3 is 63.9 Å². The van der Waals surface area contributed by atoms with Crippen molar-refractivity contribution in [3.8, 4) is 63.6 Å². The number of allylic oxidation sites excluding steroid dienone is 3. The summed E-state index contributed by atoms with van der Waals surface area (Å²) in [7, 11) is 0. The number of halogens is 6. The molecular formula is C105H86F6Ir3N7O11S6-5. The monoisotopic (exact) mass is 2510 g/mol. The van der Waals surface area contributed by atoms with Crippen LogP contribution in [0.25, 0.3) is 124 Å². The quantitative estimate of drug-likeness (QED) is 0.00732. The van der Waals surface area contributed by atoms with Gasteiger partial charge in [-0.1, -0.05) is 131 Å². The van der Waals surface area contributed by atoms with Crippen LogP contribution in [0.4, 0.5) is 26.3 Å². The van der Waals surface area contributed by atoms with E-state index in [-0.39, 0.29) is 90.3 Å². The molecule has 1 saturated heterocycles. The van der Waals surface area contributed by atoms with Crippen LogP contribution in [0.1, 0.15) is 60.6 Å². The van der Waals surface area contributed by atoms with E-state index in [1.54, 1.807) is 62.8 Å². The molecule has 3 N–H and O–H groups in total. The Hall–Kier alpha value is -12.3. The molecule has 1 aliphatic heterocycles. The normalized spacial score (nSPS) is 11.7. The van der Waals surface area contributed by atoms with Gasteiger partial charge in [0.2, 0.25) is 6.79 Å². The molecule has 1 unspecified atom stereocenters. The van der Waals surface area contributed by atoms with Gasteiger partial charge in [-0.05, 0) is 170 Å². The van der Waals surface area contributed by atoms with Crippen molar-refractivity contribution in [2.24, 2.45) is 0 Å². The van der Waals surface area contributed by atoms with Gasteiger partial charge in [0.05, 0.1) is 64.6 Å². The Bertz CT molecular complexity index is 6310. The summed E-state index contributed by atoms with van der Waals surface area (Å²) >= 11 is 10.0. The number of esters is 3. The molecule has 19 rings (SSSR count). The zero-order valence-electron chi connectivity index (χ0n) is 74.8. The Kier molecular flexibility index (Phi) is 45.0. The van der Waals surface area contributed by atoms with Crippen LogP contribution in [0, 0.1) is 65.0 Å². The zero-order valence-corrected chi connectivity index (χ0v) is 86.9. The topological polar surface area (TPSA) is 252 Å². The van der Waals surface area contributed by atoms with Crippen molar-refractivity contribution in [1.82, 2.24) is 34.9 Å². The van der Waals surface area contributed by atoms with E-state index < -0.39 is 48.5 Å². The summed E-state index contributed by atoms with van der Waals surface area (Å²) in [6, 6.07) is 86.0. The number of aliphatic hydroxyl groups is 3. The van der Waals surface area contributed by atoms with Crippen molar-refractivity contribution in [2.75, 3.05) is 26.6 Å². The van der Waals surface area contributed by atoms with Crippen molar-refractivity contribution < 1.29 is 140 Å². The Morgan fingerprint density at radius 3 is 1.01 bits per heavy atom. The molecule has 0 aliphatic carbocycles. The Labute approximate surface area is 857 Å².